The predicted molar refractivity (Wildman–Crippen MR) is 50.7 cm³/mol. The van der Waals surface area contributed by atoms with Gasteiger partial charge in [0.2, 0.25) is 0 Å². The van der Waals surface area contributed by atoms with Gasteiger partial charge < -0.3 is 0 Å². The van der Waals surface area contributed by atoms with Crippen molar-refractivity contribution in [2.45, 2.75) is 0 Å². The average Bonchev–Trinajstić information content (AvgIpc) is 2.04. The molecule has 11 heavy (non-hydrogen) atoms. The van der Waals surface area contributed by atoms with Crippen molar-refractivity contribution in [3.8, 4) is 0 Å². The molecule has 0 aromatic heterocycles. The number of rotatable bonds is 2. The van der Waals surface area contributed by atoms with E-state index in [9.17, 15) is 0 Å². The molecular weight excluding hydrogens is 156 g/mol. The highest BCUT2D eigenvalue weighted by molar-refractivity contribution is 6.30. The highest BCUT2D eigenvalue weighted by Crippen LogP contribution is 2.10. The summed E-state index contributed by atoms with van der Waals surface area (Å²) in [7, 11) is 0. The van der Waals surface area contributed by atoms with E-state index in [0.717, 1.165) is 10.6 Å². The van der Waals surface area contributed by atoms with E-state index in [1.807, 2.05) is 36.4 Å². The second kappa shape index (κ2) is 3.99. The minimum atomic E-state index is 0.765. The molecule has 0 atom stereocenters. The van der Waals surface area contributed by atoms with Crippen LogP contribution in [-0.2, 0) is 0 Å². The van der Waals surface area contributed by atoms with Crippen LogP contribution in [0, 0.1) is 0 Å². The highest BCUT2D eigenvalue weighted by Gasteiger charge is 1.85. The SMILES string of the molecule is C=C/C=C/c1ccc(Cl)cc1. The Kier molecular flexibility index (Phi) is 2.94. The van der Waals surface area contributed by atoms with E-state index < -0.39 is 0 Å². The second-order valence-electron chi connectivity index (χ2n) is 2.15. The van der Waals surface area contributed by atoms with E-state index in [1.165, 1.54) is 0 Å². The molecule has 0 aliphatic rings. The molecule has 0 heterocycles. The summed E-state index contributed by atoms with van der Waals surface area (Å²) in [6, 6.07) is 7.65. The average molecular weight is 165 g/mol. The zero-order chi connectivity index (χ0) is 8.10. The standard InChI is InChI=1S/C10H9Cl/c1-2-3-4-9-5-7-10(11)8-6-9/h2-8H,1H2/b4-3+. The molecular formula is C10H9Cl. The van der Waals surface area contributed by atoms with Gasteiger partial charge in [-0.2, -0.15) is 0 Å². The topological polar surface area (TPSA) is 0 Å². The van der Waals surface area contributed by atoms with Crippen molar-refractivity contribution in [1.29, 1.82) is 0 Å². The molecule has 0 saturated heterocycles. The summed E-state index contributed by atoms with van der Waals surface area (Å²) < 4.78 is 0. The largest absolute Gasteiger partial charge is 0.0991 e. The first-order chi connectivity index (χ1) is 5.33. The molecule has 0 N–H and O–H groups in total. The minimum absolute atomic E-state index is 0.765. The van der Waals surface area contributed by atoms with Crippen LogP contribution < -0.4 is 0 Å². The summed E-state index contributed by atoms with van der Waals surface area (Å²) in [5.41, 5.74) is 1.13. The van der Waals surface area contributed by atoms with Crippen molar-refractivity contribution in [2.75, 3.05) is 0 Å². The van der Waals surface area contributed by atoms with Crippen LogP contribution in [0.2, 0.25) is 5.02 Å². The van der Waals surface area contributed by atoms with Crippen molar-refractivity contribution in [3.63, 3.8) is 0 Å². The first-order valence-corrected chi connectivity index (χ1v) is 3.75. The van der Waals surface area contributed by atoms with Gasteiger partial charge in [0.15, 0.2) is 0 Å². The molecule has 0 nitrogen and oxygen atoms in total. The lowest BCUT2D eigenvalue weighted by Gasteiger charge is -1.91. The number of allylic oxidation sites excluding steroid dienone is 2. The van der Waals surface area contributed by atoms with E-state index in [4.69, 9.17) is 11.6 Å². The summed E-state index contributed by atoms with van der Waals surface area (Å²) in [4.78, 5) is 0. The first-order valence-electron chi connectivity index (χ1n) is 3.37. The third-order valence-electron chi connectivity index (χ3n) is 1.29. The zero-order valence-corrected chi connectivity index (χ0v) is 6.88. The molecule has 1 aromatic carbocycles. The van der Waals surface area contributed by atoms with Crippen molar-refractivity contribution in [3.05, 3.63) is 53.6 Å². The molecule has 1 aromatic rings. The molecule has 1 rings (SSSR count). The maximum atomic E-state index is 5.70. The van der Waals surface area contributed by atoms with Crippen molar-refractivity contribution >= 4 is 17.7 Å². The Morgan fingerprint density at radius 1 is 1.18 bits per heavy atom. The normalized spacial score (nSPS) is 10.3. The van der Waals surface area contributed by atoms with Gasteiger partial charge >= 0.3 is 0 Å². The molecule has 0 aliphatic carbocycles. The molecule has 0 fully saturated rings. The van der Waals surface area contributed by atoms with E-state index in [-0.39, 0.29) is 0 Å². The molecule has 0 bridgehead atoms. The Bertz CT molecular complexity index is 257. The van der Waals surface area contributed by atoms with Gasteiger partial charge in [-0.25, -0.2) is 0 Å². The molecule has 0 saturated carbocycles. The van der Waals surface area contributed by atoms with Crippen LogP contribution in [0.3, 0.4) is 0 Å². The predicted octanol–water partition coefficient (Wildman–Crippen LogP) is 3.54. The van der Waals surface area contributed by atoms with Crippen LogP contribution in [0.15, 0.2) is 43.0 Å². The van der Waals surface area contributed by atoms with Crippen LogP contribution in [0.25, 0.3) is 6.08 Å². The Balaban J connectivity index is 2.81. The first kappa shape index (κ1) is 8.09. The van der Waals surface area contributed by atoms with Gasteiger partial charge in [-0.05, 0) is 17.7 Å². The minimum Gasteiger partial charge on any atom is -0.0991 e. The number of hydrogen-bond donors (Lipinski definition) is 0. The van der Waals surface area contributed by atoms with Crippen LogP contribution in [0.5, 0.6) is 0 Å². The third kappa shape index (κ3) is 2.60. The van der Waals surface area contributed by atoms with Crippen molar-refractivity contribution in [2.24, 2.45) is 0 Å². The van der Waals surface area contributed by atoms with E-state index in [1.54, 1.807) is 6.08 Å². The fourth-order valence-corrected chi connectivity index (χ4v) is 0.879. The Hall–Kier alpha value is -1.01. The fourth-order valence-electron chi connectivity index (χ4n) is 0.753. The summed E-state index contributed by atoms with van der Waals surface area (Å²) in [6.45, 7) is 3.58. The molecule has 0 spiro atoms. The summed E-state index contributed by atoms with van der Waals surface area (Å²) in [5.74, 6) is 0. The molecule has 0 unspecified atom stereocenters. The van der Waals surface area contributed by atoms with Gasteiger partial charge in [0, 0.05) is 5.02 Å². The van der Waals surface area contributed by atoms with Crippen LogP contribution >= 0.6 is 11.6 Å². The lowest BCUT2D eigenvalue weighted by atomic mass is 10.2. The number of hydrogen-bond acceptors (Lipinski definition) is 0. The van der Waals surface area contributed by atoms with E-state index in [2.05, 4.69) is 6.58 Å². The number of benzene rings is 1. The molecule has 56 valence electrons. The third-order valence-corrected chi connectivity index (χ3v) is 1.55. The van der Waals surface area contributed by atoms with Gasteiger partial charge in [0.1, 0.15) is 0 Å². The Morgan fingerprint density at radius 2 is 1.82 bits per heavy atom. The van der Waals surface area contributed by atoms with Gasteiger partial charge in [-0.3, -0.25) is 0 Å². The summed E-state index contributed by atoms with van der Waals surface area (Å²) >= 11 is 5.70. The molecule has 0 aliphatic heterocycles. The van der Waals surface area contributed by atoms with Gasteiger partial charge in [0.05, 0.1) is 0 Å². The molecule has 0 radical (unpaired) electrons. The fraction of sp³-hybridized carbons (Fsp3) is 0. The Morgan fingerprint density at radius 3 is 2.36 bits per heavy atom. The van der Waals surface area contributed by atoms with Gasteiger partial charge in [-0.1, -0.05) is 48.5 Å². The van der Waals surface area contributed by atoms with Crippen LogP contribution in [0.1, 0.15) is 5.56 Å². The van der Waals surface area contributed by atoms with E-state index in [0.29, 0.717) is 0 Å². The number of halogens is 1. The van der Waals surface area contributed by atoms with E-state index >= 15 is 0 Å². The monoisotopic (exact) mass is 164 g/mol. The van der Waals surface area contributed by atoms with Crippen molar-refractivity contribution in [1.82, 2.24) is 0 Å². The summed E-state index contributed by atoms with van der Waals surface area (Å²) in [5, 5.41) is 0.765. The molecule has 0 amide bonds. The van der Waals surface area contributed by atoms with Crippen LogP contribution in [-0.4, -0.2) is 0 Å². The maximum absolute atomic E-state index is 5.70. The Labute approximate surface area is 71.8 Å². The van der Waals surface area contributed by atoms with Crippen molar-refractivity contribution < 1.29 is 0 Å². The molecule has 1 heteroatoms. The highest BCUT2D eigenvalue weighted by atomic mass is 35.5. The summed E-state index contributed by atoms with van der Waals surface area (Å²) in [6.07, 6.45) is 5.61. The lowest BCUT2D eigenvalue weighted by Crippen LogP contribution is -1.68. The van der Waals surface area contributed by atoms with Crippen LogP contribution in [0.4, 0.5) is 0 Å². The quantitative estimate of drug-likeness (QED) is 0.587. The maximum Gasteiger partial charge on any atom is 0.0406 e. The van der Waals surface area contributed by atoms with Gasteiger partial charge in [0.25, 0.3) is 0 Å². The lowest BCUT2D eigenvalue weighted by molar-refractivity contribution is 1.66. The van der Waals surface area contributed by atoms with Gasteiger partial charge in [-0.15, -0.1) is 0 Å². The second-order valence-corrected chi connectivity index (χ2v) is 2.58. The smallest absolute Gasteiger partial charge is 0.0406 e. The zero-order valence-electron chi connectivity index (χ0n) is 6.13.